The number of fused-ring (bicyclic) bond motifs is 2. The zero-order valence-corrected chi connectivity index (χ0v) is 22.0. The van der Waals surface area contributed by atoms with Gasteiger partial charge in [-0.15, -0.1) is 16.4 Å². The number of nitriles is 1. The Morgan fingerprint density at radius 1 is 1.16 bits per heavy atom. The van der Waals surface area contributed by atoms with Crippen LogP contribution in [0.3, 0.4) is 0 Å². The lowest BCUT2D eigenvalue weighted by Gasteiger charge is -2.22. The second kappa shape index (κ2) is 10.2. The summed E-state index contributed by atoms with van der Waals surface area (Å²) >= 11 is 14.4. The molecule has 190 valence electrons. The third-order valence-corrected chi connectivity index (χ3v) is 8.06. The maximum Gasteiger partial charge on any atom is 0.141 e. The van der Waals surface area contributed by atoms with Crippen LogP contribution in [0.1, 0.15) is 33.3 Å². The molecule has 6 rings (SSSR count). The SMILES string of the molecule is N#Cc1cnc2c(Cl)cc(N[C@H](c3c[nH]nn3)c3csc4c3CCNC4)cc2c1Nc1ccc(F)c(Cl)c1. The number of aromatic amines is 1. The van der Waals surface area contributed by atoms with E-state index in [4.69, 9.17) is 23.2 Å². The minimum absolute atomic E-state index is 0.0305. The van der Waals surface area contributed by atoms with Crippen LogP contribution in [-0.4, -0.2) is 26.9 Å². The van der Waals surface area contributed by atoms with Crippen molar-refractivity contribution in [3.63, 3.8) is 0 Å². The number of thiophene rings is 1. The van der Waals surface area contributed by atoms with Gasteiger partial charge < -0.3 is 16.0 Å². The van der Waals surface area contributed by atoms with Gasteiger partial charge in [0.1, 0.15) is 17.6 Å². The Balaban J connectivity index is 1.45. The van der Waals surface area contributed by atoms with Gasteiger partial charge in [-0.05, 0) is 59.8 Å². The molecule has 3 aromatic heterocycles. The van der Waals surface area contributed by atoms with Gasteiger partial charge >= 0.3 is 0 Å². The first-order valence-electron chi connectivity index (χ1n) is 11.7. The number of halogens is 3. The van der Waals surface area contributed by atoms with E-state index in [2.05, 4.69) is 47.8 Å². The maximum absolute atomic E-state index is 13.7. The van der Waals surface area contributed by atoms with E-state index in [1.807, 2.05) is 6.07 Å². The van der Waals surface area contributed by atoms with E-state index in [0.29, 0.717) is 38.6 Å². The molecule has 1 atom stereocenters. The molecule has 2 aromatic carbocycles. The average Bonchev–Trinajstić information content (AvgIpc) is 3.61. The molecule has 0 fully saturated rings. The van der Waals surface area contributed by atoms with E-state index in [9.17, 15) is 9.65 Å². The number of H-pyrrole nitrogens is 1. The molecule has 12 heteroatoms. The molecule has 0 amide bonds. The first kappa shape index (κ1) is 24.6. The Labute approximate surface area is 230 Å². The maximum atomic E-state index is 13.7. The van der Waals surface area contributed by atoms with Crippen molar-refractivity contribution in [3.05, 3.63) is 91.2 Å². The summed E-state index contributed by atoms with van der Waals surface area (Å²) in [6, 6.07) is 9.85. The third-order valence-electron chi connectivity index (χ3n) is 6.44. The summed E-state index contributed by atoms with van der Waals surface area (Å²) in [5.41, 5.74) is 5.73. The quantitative estimate of drug-likeness (QED) is 0.190. The highest BCUT2D eigenvalue weighted by atomic mass is 35.5. The highest BCUT2D eigenvalue weighted by molar-refractivity contribution is 7.10. The number of hydrogen-bond acceptors (Lipinski definition) is 8. The van der Waals surface area contributed by atoms with Gasteiger partial charge in [0, 0.05) is 40.6 Å². The van der Waals surface area contributed by atoms with Crippen LogP contribution in [0.2, 0.25) is 10.0 Å². The highest BCUT2D eigenvalue weighted by Crippen LogP contribution is 2.39. The van der Waals surface area contributed by atoms with Gasteiger partial charge in [0.25, 0.3) is 0 Å². The molecule has 0 spiro atoms. The molecule has 0 radical (unpaired) electrons. The lowest BCUT2D eigenvalue weighted by atomic mass is 9.97. The number of nitrogens with one attached hydrogen (secondary N) is 4. The Morgan fingerprint density at radius 3 is 2.82 bits per heavy atom. The average molecular weight is 565 g/mol. The fraction of sp³-hybridized carbons (Fsp3) is 0.154. The first-order chi connectivity index (χ1) is 18.5. The summed E-state index contributed by atoms with van der Waals surface area (Å²) in [6.07, 6.45) is 4.15. The van der Waals surface area contributed by atoms with E-state index >= 15 is 0 Å². The predicted octanol–water partition coefficient (Wildman–Crippen LogP) is 6.32. The summed E-state index contributed by atoms with van der Waals surface area (Å²) in [7, 11) is 0. The Hall–Kier alpha value is -3.75. The van der Waals surface area contributed by atoms with Crippen LogP contribution in [0.4, 0.5) is 21.5 Å². The summed E-state index contributed by atoms with van der Waals surface area (Å²) in [5, 5.41) is 34.2. The Morgan fingerprint density at radius 2 is 2.03 bits per heavy atom. The van der Waals surface area contributed by atoms with E-state index in [0.717, 1.165) is 30.8 Å². The number of anilines is 3. The lowest BCUT2D eigenvalue weighted by molar-refractivity contribution is 0.628. The van der Waals surface area contributed by atoms with Crippen molar-refractivity contribution in [3.8, 4) is 6.07 Å². The van der Waals surface area contributed by atoms with Gasteiger partial charge in [0.05, 0.1) is 32.9 Å². The van der Waals surface area contributed by atoms with Crippen LogP contribution < -0.4 is 16.0 Å². The minimum Gasteiger partial charge on any atom is -0.373 e. The number of rotatable bonds is 6. The largest absolute Gasteiger partial charge is 0.373 e. The zero-order valence-electron chi connectivity index (χ0n) is 19.6. The standard InChI is InChI=1S/C26H19Cl2FN8S/c27-19-6-14(1-2-21(19)29)34-24-13(8-30)9-32-25-17(24)5-15(7-20(25)28)35-26(22-10-33-37-36-22)18-12-38-23-11-31-4-3-16(18)23/h1-2,5-7,9-10,12,26,31,35H,3-4,11H2,(H,32,34)(H,33,36,37)/t26-/m0/s1. The van der Waals surface area contributed by atoms with Crippen LogP contribution >= 0.6 is 34.5 Å². The number of nitrogens with zero attached hydrogens (tertiary/aromatic N) is 4. The molecule has 4 heterocycles. The smallest absolute Gasteiger partial charge is 0.141 e. The topological polar surface area (TPSA) is 114 Å². The van der Waals surface area contributed by atoms with Crippen molar-refractivity contribution < 1.29 is 4.39 Å². The van der Waals surface area contributed by atoms with E-state index in [-0.39, 0.29) is 11.1 Å². The fourth-order valence-corrected chi connectivity index (χ4v) is 6.18. The molecular weight excluding hydrogens is 546 g/mol. The molecule has 0 saturated heterocycles. The Bertz CT molecular complexity index is 1700. The Kier molecular flexibility index (Phi) is 6.59. The number of benzene rings is 2. The van der Waals surface area contributed by atoms with Gasteiger partial charge in [0.15, 0.2) is 0 Å². The van der Waals surface area contributed by atoms with Crippen molar-refractivity contribution >= 4 is 62.5 Å². The van der Waals surface area contributed by atoms with Crippen molar-refractivity contribution in [1.82, 2.24) is 25.7 Å². The minimum atomic E-state index is -0.530. The monoisotopic (exact) mass is 564 g/mol. The number of aromatic nitrogens is 4. The number of pyridine rings is 1. The molecule has 1 aliphatic rings. The van der Waals surface area contributed by atoms with Gasteiger partial charge in [-0.1, -0.05) is 28.4 Å². The van der Waals surface area contributed by atoms with Crippen LogP contribution in [0.15, 0.2) is 48.1 Å². The molecule has 38 heavy (non-hydrogen) atoms. The highest BCUT2D eigenvalue weighted by Gasteiger charge is 2.25. The van der Waals surface area contributed by atoms with Crippen LogP contribution in [0, 0.1) is 17.1 Å². The summed E-state index contributed by atoms with van der Waals surface area (Å²) < 4.78 is 13.7. The molecule has 8 nitrogen and oxygen atoms in total. The first-order valence-corrected chi connectivity index (χ1v) is 13.3. The molecule has 5 aromatic rings. The van der Waals surface area contributed by atoms with Gasteiger partial charge in [-0.2, -0.15) is 5.26 Å². The predicted molar refractivity (Wildman–Crippen MR) is 148 cm³/mol. The zero-order chi connectivity index (χ0) is 26.2. The molecule has 0 aliphatic carbocycles. The second-order valence-electron chi connectivity index (χ2n) is 8.76. The number of hydrogen-bond donors (Lipinski definition) is 4. The summed E-state index contributed by atoms with van der Waals surface area (Å²) in [4.78, 5) is 5.73. The van der Waals surface area contributed by atoms with E-state index < -0.39 is 5.82 Å². The van der Waals surface area contributed by atoms with Crippen LogP contribution in [0.5, 0.6) is 0 Å². The molecule has 1 aliphatic heterocycles. The van der Waals surface area contributed by atoms with Crippen molar-refractivity contribution in [1.29, 1.82) is 5.26 Å². The molecule has 4 N–H and O–H groups in total. The molecule has 0 saturated carbocycles. The molecule has 0 unspecified atom stereocenters. The fourth-order valence-electron chi connectivity index (χ4n) is 4.64. The second-order valence-corrected chi connectivity index (χ2v) is 10.5. The van der Waals surface area contributed by atoms with Gasteiger partial charge in [-0.3, -0.25) is 10.1 Å². The van der Waals surface area contributed by atoms with Crippen LogP contribution in [0.25, 0.3) is 10.9 Å². The van der Waals surface area contributed by atoms with Crippen LogP contribution in [-0.2, 0) is 13.0 Å². The normalized spacial score (nSPS) is 13.6. The summed E-state index contributed by atoms with van der Waals surface area (Å²) in [6.45, 7) is 1.76. The lowest BCUT2D eigenvalue weighted by Crippen LogP contribution is -2.24. The molecule has 0 bridgehead atoms. The van der Waals surface area contributed by atoms with E-state index in [1.54, 1.807) is 29.7 Å². The van der Waals surface area contributed by atoms with Gasteiger partial charge in [0.2, 0.25) is 0 Å². The summed E-state index contributed by atoms with van der Waals surface area (Å²) in [5.74, 6) is -0.530. The van der Waals surface area contributed by atoms with Gasteiger partial charge in [-0.25, -0.2) is 4.39 Å². The molecular formula is C26H19Cl2FN8S. The van der Waals surface area contributed by atoms with Crippen molar-refractivity contribution in [2.45, 2.75) is 19.0 Å². The van der Waals surface area contributed by atoms with Crippen molar-refractivity contribution in [2.24, 2.45) is 0 Å². The van der Waals surface area contributed by atoms with E-state index in [1.165, 1.54) is 28.8 Å². The van der Waals surface area contributed by atoms with Crippen molar-refractivity contribution in [2.75, 3.05) is 17.2 Å². The third kappa shape index (κ3) is 4.54.